The van der Waals surface area contributed by atoms with Crippen molar-refractivity contribution in [3.63, 3.8) is 0 Å². The lowest BCUT2D eigenvalue weighted by Crippen LogP contribution is -2.14. The first kappa shape index (κ1) is 30.7. The summed E-state index contributed by atoms with van der Waals surface area (Å²) in [7, 11) is 0. The number of rotatable bonds is 8. The van der Waals surface area contributed by atoms with Crippen molar-refractivity contribution < 1.29 is 27.8 Å². The van der Waals surface area contributed by atoms with E-state index in [-0.39, 0.29) is 56.0 Å². The van der Waals surface area contributed by atoms with Gasteiger partial charge in [-0.05, 0) is 92.1 Å². The van der Waals surface area contributed by atoms with Gasteiger partial charge in [0.2, 0.25) is 0 Å². The van der Waals surface area contributed by atoms with Crippen LogP contribution in [0.2, 0.25) is 0 Å². The fraction of sp³-hybridized carbons (Fsp3) is 0.0857. The van der Waals surface area contributed by atoms with Crippen molar-refractivity contribution in [2.45, 2.75) is 20.3 Å². The van der Waals surface area contributed by atoms with Gasteiger partial charge in [-0.2, -0.15) is 10.2 Å². The molecule has 4 N–H and O–H groups in total. The van der Waals surface area contributed by atoms with Crippen LogP contribution in [-0.4, -0.2) is 21.6 Å². The fourth-order valence-corrected chi connectivity index (χ4v) is 5.09. The van der Waals surface area contributed by atoms with Gasteiger partial charge < -0.3 is 19.0 Å². The van der Waals surface area contributed by atoms with Crippen LogP contribution < -0.4 is 22.1 Å². The molecule has 2 heterocycles. The molecular weight excluding hydrogens is 610 g/mol. The number of nitrogens with one attached hydrogen (secondary N) is 2. The van der Waals surface area contributed by atoms with Crippen molar-refractivity contribution >= 4 is 44.7 Å². The van der Waals surface area contributed by atoms with Crippen molar-refractivity contribution in [1.82, 2.24) is 0 Å². The summed E-state index contributed by atoms with van der Waals surface area (Å²) in [5, 5.41) is 31.0. The minimum Gasteiger partial charge on any atom is -0.506 e. The molecule has 0 bridgehead atoms. The fourth-order valence-electron chi connectivity index (χ4n) is 5.09. The zero-order chi connectivity index (χ0) is 33.2. The second kappa shape index (κ2) is 12.6. The SMILES string of the molecule is C/C(=N\Nc1cccc(F)c1)c1c(O)c2cc(Cc3ccc4oc(=O)c(/C(C)=N/Nc5cccc(F)c5)c(O)c4c3)ccc2oc1=O. The Morgan fingerprint density at radius 1 is 0.660 bits per heavy atom. The lowest BCUT2D eigenvalue weighted by molar-refractivity contribution is 0.465. The number of benzene rings is 4. The number of hydrazone groups is 2. The lowest BCUT2D eigenvalue weighted by Gasteiger charge is -2.10. The second-order valence-corrected chi connectivity index (χ2v) is 10.7. The highest BCUT2D eigenvalue weighted by molar-refractivity contribution is 6.05. The number of nitrogens with zero attached hydrogens (tertiary/aromatic N) is 2. The summed E-state index contributed by atoms with van der Waals surface area (Å²) in [6.07, 6.45) is 0.329. The standard InChI is InChI=1S/C35H26F2N4O6/c1-18(38-40-24-7-3-5-22(36)16-24)30-32(42)26-14-20(9-11-28(26)46-34(30)44)13-21-10-12-29-27(15-21)33(43)31(35(45)47-29)19(2)39-41-25-8-4-6-23(37)17-25/h3-12,14-17,40-43H,13H2,1-2H3/b38-18+,39-19+. The predicted octanol–water partition coefficient (Wildman–Crippen LogP) is 6.85. The van der Waals surface area contributed by atoms with Crippen LogP contribution in [0, 0.1) is 11.6 Å². The van der Waals surface area contributed by atoms with Crippen molar-refractivity contribution in [1.29, 1.82) is 0 Å². The molecule has 6 aromatic rings. The first-order chi connectivity index (χ1) is 22.6. The van der Waals surface area contributed by atoms with Crippen LogP contribution in [0.15, 0.2) is 114 Å². The van der Waals surface area contributed by atoms with E-state index in [2.05, 4.69) is 21.1 Å². The summed E-state index contributed by atoms with van der Waals surface area (Å²) in [5.74, 6) is -1.59. The van der Waals surface area contributed by atoms with E-state index >= 15 is 0 Å². The number of hydrogen-bond acceptors (Lipinski definition) is 10. The maximum atomic E-state index is 13.5. The molecule has 0 saturated carbocycles. The van der Waals surface area contributed by atoms with E-state index in [1.165, 1.54) is 50.2 Å². The van der Waals surface area contributed by atoms with E-state index in [4.69, 9.17) is 8.83 Å². The molecule has 12 heteroatoms. The van der Waals surface area contributed by atoms with Crippen molar-refractivity contribution in [2.24, 2.45) is 10.2 Å². The average Bonchev–Trinajstić information content (AvgIpc) is 3.03. The molecule has 47 heavy (non-hydrogen) atoms. The smallest absolute Gasteiger partial charge is 0.349 e. The molecular formula is C35H26F2N4O6. The summed E-state index contributed by atoms with van der Waals surface area (Å²) in [5.41, 5.74) is 6.18. The third-order valence-corrected chi connectivity index (χ3v) is 7.37. The average molecular weight is 637 g/mol. The summed E-state index contributed by atoms with van der Waals surface area (Å²) >= 11 is 0. The third kappa shape index (κ3) is 6.43. The highest BCUT2D eigenvalue weighted by Gasteiger charge is 2.19. The van der Waals surface area contributed by atoms with Crippen LogP contribution in [0.5, 0.6) is 11.5 Å². The molecule has 10 nitrogen and oxygen atoms in total. The van der Waals surface area contributed by atoms with Gasteiger partial charge in [0.1, 0.15) is 45.4 Å². The van der Waals surface area contributed by atoms with Gasteiger partial charge in [0, 0.05) is 0 Å². The topological polar surface area (TPSA) is 150 Å². The Kier molecular flexibility index (Phi) is 8.23. The van der Waals surface area contributed by atoms with Crippen molar-refractivity contribution in [3.05, 3.63) is 140 Å². The molecule has 4 aromatic carbocycles. The Morgan fingerprint density at radius 3 is 1.49 bits per heavy atom. The van der Waals surface area contributed by atoms with E-state index in [0.29, 0.717) is 17.8 Å². The number of anilines is 2. The third-order valence-electron chi connectivity index (χ3n) is 7.37. The van der Waals surface area contributed by atoms with E-state index in [1.54, 1.807) is 48.5 Å². The first-order valence-corrected chi connectivity index (χ1v) is 14.3. The Balaban J connectivity index is 1.30. The van der Waals surface area contributed by atoms with E-state index in [0.717, 1.165) is 11.1 Å². The second-order valence-electron chi connectivity index (χ2n) is 10.7. The molecule has 6 rings (SSSR count). The molecule has 0 saturated heterocycles. The number of hydrogen-bond donors (Lipinski definition) is 4. The van der Waals surface area contributed by atoms with Crippen LogP contribution in [0.4, 0.5) is 20.2 Å². The van der Waals surface area contributed by atoms with Crippen molar-refractivity contribution in [3.8, 4) is 11.5 Å². The van der Waals surface area contributed by atoms with Gasteiger partial charge in [0.05, 0.1) is 33.6 Å². The van der Waals surface area contributed by atoms with Gasteiger partial charge in [-0.3, -0.25) is 10.9 Å². The molecule has 0 amide bonds. The maximum absolute atomic E-state index is 13.5. The zero-order valence-electron chi connectivity index (χ0n) is 25.0. The molecule has 0 atom stereocenters. The Labute approximate surface area is 264 Å². The summed E-state index contributed by atoms with van der Waals surface area (Å²) in [6, 6.07) is 21.1. The molecule has 0 aliphatic carbocycles. The molecule has 0 aliphatic heterocycles. The monoisotopic (exact) mass is 636 g/mol. The number of halogens is 2. The molecule has 236 valence electrons. The quantitative estimate of drug-likeness (QED) is 0.0805. The minimum atomic E-state index is -0.794. The van der Waals surface area contributed by atoms with Gasteiger partial charge in [0.15, 0.2) is 0 Å². The number of fused-ring (bicyclic) bond motifs is 2. The van der Waals surface area contributed by atoms with Gasteiger partial charge >= 0.3 is 11.3 Å². The lowest BCUT2D eigenvalue weighted by atomic mass is 9.99. The Morgan fingerprint density at radius 2 is 1.09 bits per heavy atom. The molecule has 0 unspecified atom stereocenters. The molecule has 0 fully saturated rings. The summed E-state index contributed by atoms with van der Waals surface area (Å²) in [4.78, 5) is 25.5. The number of aromatic hydroxyl groups is 2. The molecule has 0 aliphatic rings. The van der Waals surface area contributed by atoms with Crippen LogP contribution in [0.25, 0.3) is 21.9 Å². The van der Waals surface area contributed by atoms with Gasteiger partial charge in [-0.1, -0.05) is 24.3 Å². The van der Waals surface area contributed by atoms with Crippen molar-refractivity contribution in [2.75, 3.05) is 10.9 Å². The zero-order valence-corrected chi connectivity index (χ0v) is 25.0. The normalized spacial score (nSPS) is 12.1. The Hall–Kier alpha value is -6.30. The minimum absolute atomic E-state index is 0.125. The van der Waals surface area contributed by atoms with Crippen LogP contribution in [-0.2, 0) is 6.42 Å². The maximum Gasteiger partial charge on any atom is 0.349 e. The Bertz CT molecular complexity index is 2200. The highest BCUT2D eigenvalue weighted by Crippen LogP contribution is 2.31. The predicted molar refractivity (Wildman–Crippen MR) is 176 cm³/mol. The molecule has 2 aromatic heterocycles. The van der Waals surface area contributed by atoms with E-state index < -0.39 is 22.9 Å². The molecule has 0 radical (unpaired) electrons. The van der Waals surface area contributed by atoms with Gasteiger partial charge in [0.25, 0.3) is 0 Å². The first-order valence-electron chi connectivity index (χ1n) is 14.3. The molecule has 0 spiro atoms. The van der Waals surface area contributed by atoms with Gasteiger partial charge in [-0.25, -0.2) is 18.4 Å². The summed E-state index contributed by atoms with van der Waals surface area (Å²) in [6.45, 7) is 3.01. The van der Waals surface area contributed by atoms with E-state index in [9.17, 15) is 28.6 Å². The van der Waals surface area contributed by atoms with E-state index in [1.807, 2.05) is 0 Å². The van der Waals surface area contributed by atoms with Crippen LogP contribution >= 0.6 is 0 Å². The van der Waals surface area contributed by atoms with Crippen LogP contribution in [0.3, 0.4) is 0 Å². The summed E-state index contributed by atoms with van der Waals surface area (Å²) < 4.78 is 38.0. The van der Waals surface area contributed by atoms with Gasteiger partial charge in [-0.15, -0.1) is 0 Å². The highest BCUT2D eigenvalue weighted by atomic mass is 19.1. The van der Waals surface area contributed by atoms with Crippen LogP contribution in [0.1, 0.15) is 36.1 Å². The largest absolute Gasteiger partial charge is 0.506 e.